The van der Waals surface area contributed by atoms with Crippen LogP contribution >= 0.6 is 0 Å². The Labute approximate surface area is 758 Å². The molecule has 10 rings (SSSR count). The number of alkyl carbamates (subject to hydrolysis) is 1. The number of aliphatic hydroxyl groups is 1. The number of nitrogens with one attached hydrogen (secondary N) is 1. The minimum atomic E-state index is -2.45. The third-order valence-electron chi connectivity index (χ3n) is 25.2. The lowest BCUT2D eigenvalue weighted by Crippen LogP contribution is -2.61. The van der Waals surface area contributed by atoms with E-state index in [1.807, 2.05) is 86.7 Å². The van der Waals surface area contributed by atoms with E-state index in [0.29, 0.717) is 217 Å². The number of piperidine rings is 1. The molecule has 5 aromatic rings. The number of rotatable bonds is 39. The van der Waals surface area contributed by atoms with Crippen molar-refractivity contribution in [2.24, 2.45) is 35.5 Å². The van der Waals surface area contributed by atoms with E-state index >= 15 is 0 Å². The van der Waals surface area contributed by atoms with Crippen LogP contribution in [0.2, 0.25) is 0 Å². The smallest absolute Gasteiger partial charge is 0.407 e. The molecule has 3 fully saturated rings. The molecule has 34 heteroatoms. The maximum Gasteiger partial charge on any atom is 0.407 e. The lowest BCUT2D eigenvalue weighted by atomic mass is 9.78. The molecule has 1 aliphatic carbocycles. The van der Waals surface area contributed by atoms with Gasteiger partial charge in [0, 0.05) is 97.9 Å². The molecule has 1 saturated carbocycles. The molecular weight excluding hydrogens is 1670 g/mol. The van der Waals surface area contributed by atoms with Crippen molar-refractivity contribution in [1.82, 2.24) is 39.8 Å². The highest BCUT2D eigenvalue weighted by Gasteiger charge is 2.53. The van der Waals surface area contributed by atoms with Crippen LogP contribution in [0.3, 0.4) is 0 Å². The van der Waals surface area contributed by atoms with Gasteiger partial charge >= 0.3 is 12.1 Å². The van der Waals surface area contributed by atoms with Gasteiger partial charge < -0.3 is 112 Å². The minimum Gasteiger partial charge on any atom is -0.460 e. The Balaban J connectivity index is 0.561. The monoisotopic (exact) mass is 1810 g/mol. The van der Waals surface area contributed by atoms with Crippen LogP contribution in [0.1, 0.15) is 149 Å². The van der Waals surface area contributed by atoms with Crippen molar-refractivity contribution >= 4 is 69.4 Å². The summed E-state index contributed by atoms with van der Waals surface area (Å²) >= 11 is 0. The number of ketones is 2. The Hall–Kier alpha value is -8.56. The first-order valence-electron chi connectivity index (χ1n) is 45.8. The standard InChI is InChI=1S/C95H140N10O24/c1-61-18-14-13-15-19-62(2)78(113-8)56-73-26-21-67(7)95(112,129-73)88(108)91(109)104-32-17-16-20-75(104)92(110)126-80(57-79(114-9)63(3)51-66(6)86(116-11)87(117-12)85(107)65(5)50-61)64(4)52-68-23-27-77(81(54-68)115-10)128-94(111)98-31-35-119-37-39-121-41-43-123-45-47-125-49-48-124-46-44-122-42-40-120-38-36-118-34-30-82(106)103-33-29-70-53-69(22-24-72(70)59-103)58-105-90-83(89(96)99-60-100-90)84(102-105)71-25-28-76-74(55-71)101-93(97)127-76/h13-15,18-19,22,24-25,28,51,53,55,60-61,63-65,67-68,73,75,77-81,86-87,112H,16-17,20-21,23,26-27,29-50,52,54,56-59H2,1-12H3,(H2,97,101)(H,98,111)(H2,96,99,100)/b15-13+,18-14+,62-19+,66-51+/t61-,63?,64-,65-,67-,68+,73+,75+,77-,78+,79-,80+,81-,86-,87+,95-/m1/s1. The number of oxazole rings is 1. The number of fused-ring (bicyclic) bond motifs is 6. The maximum atomic E-state index is 15.0. The van der Waals surface area contributed by atoms with Crippen molar-refractivity contribution in [2.75, 3.05) is 172 Å². The molecule has 0 radical (unpaired) electrons. The molecule has 34 nitrogen and oxygen atoms in total. The number of allylic oxidation sites excluding steroid dienone is 5. The fourth-order valence-corrected chi connectivity index (χ4v) is 17.9. The Morgan fingerprint density at radius 2 is 1.33 bits per heavy atom. The highest BCUT2D eigenvalue weighted by Crippen LogP contribution is 2.40. The average Bonchev–Trinajstić information content (AvgIpc) is 1.59. The molecule has 16 atom stereocenters. The molecule has 2 bridgehead atoms. The summed E-state index contributed by atoms with van der Waals surface area (Å²) < 4.78 is 102. The number of ether oxygens (including phenoxy) is 16. The molecule has 5 aliphatic rings. The molecule has 1 unspecified atom stereocenters. The number of carbonyl (C=O) groups excluding carboxylic acids is 6. The number of methoxy groups -OCH3 is 5. The Bertz CT molecular complexity index is 4500. The Morgan fingerprint density at radius 1 is 0.667 bits per heavy atom. The first-order valence-corrected chi connectivity index (χ1v) is 45.8. The van der Waals surface area contributed by atoms with Gasteiger partial charge in [0.1, 0.15) is 53.8 Å². The van der Waals surface area contributed by atoms with E-state index in [0.717, 1.165) is 34.3 Å². The number of hydrogen-bond donors (Lipinski definition) is 4. The van der Waals surface area contributed by atoms with Gasteiger partial charge in [-0.1, -0.05) is 89.3 Å². The zero-order valence-corrected chi connectivity index (χ0v) is 77.5. The fraction of sp³-hybridized carbons (Fsp3) is 0.663. The van der Waals surface area contributed by atoms with Crippen LogP contribution in [0.5, 0.6) is 0 Å². The van der Waals surface area contributed by atoms with Crippen LogP contribution in [0.15, 0.2) is 94.7 Å². The maximum absolute atomic E-state index is 15.0. The summed E-state index contributed by atoms with van der Waals surface area (Å²) in [5.41, 5.74) is 20.4. The summed E-state index contributed by atoms with van der Waals surface area (Å²) in [6, 6.07) is 10.8. The lowest BCUT2D eigenvalue weighted by Gasteiger charge is -2.43. The van der Waals surface area contributed by atoms with Gasteiger partial charge in [-0.25, -0.2) is 24.2 Å². The van der Waals surface area contributed by atoms with E-state index in [4.69, 9.17) is 96.8 Å². The van der Waals surface area contributed by atoms with Gasteiger partial charge in [-0.3, -0.25) is 19.2 Å². The third kappa shape index (κ3) is 30.0. The molecule has 2 saturated heterocycles. The number of amides is 3. The number of benzene rings is 2. The molecule has 3 amide bonds. The van der Waals surface area contributed by atoms with Gasteiger partial charge in [0.05, 0.1) is 148 Å². The summed E-state index contributed by atoms with van der Waals surface area (Å²) in [5.74, 6) is -6.53. The number of cyclic esters (lactones) is 1. The van der Waals surface area contributed by atoms with E-state index in [1.165, 1.54) is 23.9 Å². The van der Waals surface area contributed by atoms with Gasteiger partial charge in [-0.2, -0.15) is 10.1 Å². The summed E-state index contributed by atoms with van der Waals surface area (Å²) in [6.45, 7) is 21.4. The topological polar surface area (TPSA) is 411 Å². The molecule has 2 aromatic carbocycles. The quantitative estimate of drug-likeness (QED) is 0.0123. The van der Waals surface area contributed by atoms with Crippen molar-refractivity contribution in [3.05, 3.63) is 107 Å². The number of hydrogen-bond acceptors (Lipinski definition) is 30. The van der Waals surface area contributed by atoms with Gasteiger partial charge in [0.25, 0.3) is 17.7 Å². The molecule has 6 N–H and O–H groups in total. The second-order valence-corrected chi connectivity index (χ2v) is 34.5. The van der Waals surface area contributed by atoms with Crippen molar-refractivity contribution in [1.29, 1.82) is 0 Å². The highest BCUT2D eigenvalue weighted by molar-refractivity contribution is 6.39. The number of esters is 1. The van der Waals surface area contributed by atoms with Gasteiger partial charge in [-0.05, 0) is 148 Å². The van der Waals surface area contributed by atoms with Crippen LogP contribution in [-0.2, 0) is 119 Å². The zero-order valence-electron chi connectivity index (χ0n) is 77.5. The molecular formula is C95H140N10O24. The van der Waals surface area contributed by atoms with E-state index < -0.39 is 90.3 Å². The van der Waals surface area contributed by atoms with Gasteiger partial charge in [-0.15, -0.1) is 0 Å². The molecule has 714 valence electrons. The van der Waals surface area contributed by atoms with E-state index in [-0.39, 0.29) is 86.3 Å². The van der Waals surface area contributed by atoms with E-state index in [2.05, 4.69) is 51.5 Å². The largest absolute Gasteiger partial charge is 0.460 e. The Morgan fingerprint density at radius 3 is 1.99 bits per heavy atom. The SMILES string of the molecule is CO[C@H]1C[C@@H]2CC[C@@H](C)[C@@](O)(O2)C(=O)C(=O)N2CCCC[C@H]2C(=O)O[C@H]([C@H](C)C[C@@H]2CC[C@@H](OC(=O)NCCOCCOCCOCCOCCOCCOCCOCCOCCC(=O)N3CCc4cc(Cn5nc(-c6ccc7oc(N)nc7c6)c6c(N)ncnc65)ccc4C3)[C@H](OC)C2)C[C@@H](OC)C(C)/C=C(\C)[C@@H](OC)[C@@H](OC)C(=O)[C@H](C)C[C@H](C)/C=C/C=C/C=C/1C. The fourth-order valence-electron chi connectivity index (χ4n) is 17.9. The van der Waals surface area contributed by atoms with Crippen LogP contribution in [-0.4, -0.2) is 297 Å². The number of anilines is 2. The number of nitrogen functional groups attached to an aromatic ring is 2. The Kier molecular flexibility index (Phi) is 41.8. The molecule has 129 heavy (non-hydrogen) atoms. The zero-order chi connectivity index (χ0) is 92.4. The summed E-state index contributed by atoms with van der Waals surface area (Å²) in [7, 11) is 7.86. The summed E-state index contributed by atoms with van der Waals surface area (Å²) in [5, 5.41) is 20.6. The summed E-state index contributed by atoms with van der Waals surface area (Å²) in [6.07, 6.45) is 14.4. The second kappa shape index (κ2) is 52.6. The molecule has 3 aromatic heterocycles. The van der Waals surface area contributed by atoms with Crippen LogP contribution in [0.25, 0.3) is 33.4 Å². The van der Waals surface area contributed by atoms with Crippen molar-refractivity contribution in [3.8, 4) is 11.3 Å². The minimum absolute atomic E-state index is 0.0434. The van der Waals surface area contributed by atoms with Gasteiger partial charge in [0.2, 0.25) is 11.7 Å². The van der Waals surface area contributed by atoms with Crippen molar-refractivity contribution in [3.63, 3.8) is 0 Å². The average molecular weight is 1810 g/mol. The lowest BCUT2D eigenvalue weighted by molar-refractivity contribution is -0.265. The van der Waals surface area contributed by atoms with Crippen LogP contribution in [0, 0.1) is 35.5 Å². The predicted octanol–water partition coefficient (Wildman–Crippen LogP) is 10.3. The van der Waals surface area contributed by atoms with Crippen molar-refractivity contribution < 1.29 is 114 Å². The molecule has 7 heterocycles. The normalized spacial score (nSPS) is 27.3. The number of Topliss-reactive ketones (excluding diaryl/α,β-unsaturated/α-hetero) is 2. The van der Waals surface area contributed by atoms with E-state index in [9.17, 15) is 33.9 Å². The molecule has 4 aliphatic heterocycles. The predicted molar refractivity (Wildman–Crippen MR) is 481 cm³/mol. The highest BCUT2D eigenvalue weighted by atomic mass is 16.6. The first-order chi connectivity index (χ1) is 62.3. The third-order valence-corrected chi connectivity index (χ3v) is 25.2. The number of carbonyl (C=O) groups is 6. The first kappa shape index (κ1) is 103. The van der Waals surface area contributed by atoms with E-state index in [1.54, 1.807) is 41.4 Å². The van der Waals surface area contributed by atoms with Gasteiger partial charge in [0.15, 0.2) is 17.0 Å². The number of nitrogens with two attached hydrogens (primary N) is 2. The number of nitrogens with zero attached hydrogens (tertiary/aromatic N) is 7. The van der Waals surface area contributed by atoms with Crippen LogP contribution < -0.4 is 16.8 Å². The van der Waals surface area contributed by atoms with Crippen LogP contribution in [0.4, 0.5) is 16.6 Å². The summed E-state index contributed by atoms with van der Waals surface area (Å²) in [4.78, 5) is 101. The van der Waals surface area contributed by atoms with Crippen molar-refractivity contribution in [2.45, 2.75) is 212 Å². The molecule has 0 spiro atoms. The second-order valence-electron chi connectivity index (χ2n) is 34.5. The number of aromatic nitrogens is 5.